The largest absolute Gasteiger partial charge is 0.357 e. The maximum atomic E-state index is 5.97. The molecule has 0 radical (unpaired) electrons. The highest BCUT2D eigenvalue weighted by molar-refractivity contribution is 14.0. The lowest BCUT2D eigenvalue weighted by atomic mass is 10.0. The predicted octanol–water partition coefficient (Wildman–Crippen LogP) is 2.81. The van der Waals surface area contributed by atoms with E-state index in [9.17, 15) is 0 Å². The lowest BCUT2D eigenvalue weighted by molar-refractivity contribution is 0.198. The second kappa shape index (κ2) is 11.6. The van der Waals surface area contributed by atoms with Gasteiger partial charge in [-0.15, -0.1) is 24.0 Å². The molecule has 1 aromatic carbocycles. The van der Waals surface area contributed by atoms with Crippen LogP contribution >= 0.6 is 35.6 Å². The van der Waals surface area contributed by atoms with E-state index in [0.717, 1.165) is 55.8 Å². The number of nitrogens with zero attached hydrogens (tertiary/aromatic N) is 5. The molecule has 0 unspecified atom stereocenters. The number of hydrogen-bond donors (Lipinski definition) is 2. The molecule has 1 aromatic heterocycles. The molecule has 0 aliphatic carbocycles. The number of piperidine rings is 1. The van der Waals surface area contributed by atoms with E-state index >= 15 is 0 Å². The number of benzene rings is 1. The molecular weight excluding hydrogens is 489 g/mol. The monoisotopic (exact) mass is 517 g/mol. The van der Waals surface area contributed by atoms with Crippen LogP contribution in [0.3, 0.4) is 0 Å². The van der Waals surface area contributed by atoms with Gasteiger partial charge < -0.3 is 10.6 Å². The summed E-state index contributed by atoms with van der Waals surface area (Å²) in [5.41, 5.74) is 1.31. The number of aromatic nitrogens is 3. The third kappa shape index (κ3) is 6.89. The molecule has 3 rings (SSSR count). The number of aryl methyl sites for hydroxylation is 1. The summed E-state index contributed by atoms with van der Waals surface area (Å²) in [5.74, 6) is 1.70. The van der Waals surface area contributed by atoms with E-state index in [0.29, 0.717) is 12.6 Å². The van der Waals surface area contributed by atoms with E-state index in [4.69, 9.17) is 11.6 Å². The first-order chi connectivity index (χ1) is 13.1. The van der Waals surface area contributed by atoms with E-state index < -0.39 is 0 Å². The van der Waals surface area contributed by atoms with Crippen molar-refractivity contribution < 1.29 is 0 Å². The van der Waals surface area contributed by atoms with E-state index in [2.05, 4.69) is 49.7 Å². The molecule has 1 saturated heterocycles. The van der Waals surface area contributed by atoms with Crippen molar-refractivity contribution in [2.24, 2.45) is 12.0 Å². The topological polar surface area (TPSA) is 70.4 Å². The minimum atomic E-state index is 0. The molecule has 0 saturated carbocycles. The number of likely N-dealkylation sites (tertiary alicyclic amines) is 1. The third-order valence-electron chi connectivity index (χ3n) is 4.78. The van der Waals surface area contributed by atoms with E-state index in [1.807, 2.05) is 19.2 Å². The predicted molar refractivity (Wildman–Crippen MR) is 124 cm³/mol. The zero-order chi connectivity index (χ0) is 19.1. The molecule has 1 aliphatic heterocycles. The average molecular weight is 518 g/mol. The normalized spacial score (nSPS) is 15.9. The van der Waals surface area contributed by atoms with Crippen molar-refractivity contribution >= 4 is 41.5 Å². The van der Waals surface area contributed by atoms with Crippen LogP contribution in [0, 0.1) is 0 Å². The van der Waals surface area contributed by atoms with Crippen LogP contribution in [-0.4, -0.2) is 51.3 Å². The van der Waals surface area contributed by atoms with Crippen LogP contribution in [0.4, 0.5) is 0 Å². The molecule has 0 spiro atoms. The highest BCUT2D eigenvalue weighted by Crippen LogP contribution is 2.16. The molecule has 154 valence electrons. The minimum absolute atomic E-state index is 0. The smallest absolute Gasteiger partial charge is 0.191 e. The molecule has 0 bridgehead atoms. The van der Waals surface area contributed by atoms with Gasteiger partial charge in [0, 0.05) is 44.3 Å². The summed E-state index contributed by atoms with van der Waals surface area (Å²) in [6, 6.07) is 8.57. The second-order valence-corrected chi connectivity index (χ2v) is 7.25. The Kier molecular flexibility index (Phi) is 9.46. The SMILES string of the molecule is CCNC(=NCc1ncnn1C)NC1CCN(Cc2ccc(Cl)cc2)CC1.I. The highest BCUT2D eigenvalue weighted by Gasteiger charge is 2.20. The summed E-state index contributed by atoms with van der Waals surface area (Å²) in [5, 5.41) is 11.8. The third-order valence-corrected chi connectivity index (χ3v) is 5.03. The van der Waals surface area contributed by atoms with Crippen molar-refractivity contribution in [3.05, 3.63) is 47.0 Å². The molecule has 2 N–H and O–H groups in total. The van der Waals surface area contributed by atoms with Crippen molar-refractivity contribution in [3.63, 3.8) is 0 Å². The fourth-order valence-corrected chi connectivity index (χ4v) is 3.34. The van der Waals surface area contributed by atoms with Crippen molar-refractivity contribution in [2.75, 3.05) is 19.6 Å². The summed E-state index contributed by atoms with van der Waals surface area (Å²) >= 11 is 5.97. The Morgan fingerprint density at radius 3 is 2.57 bits per heavy atom. The molecule has 9 heteroatoms. The van der Waals surface area contributed by atoms with Gasteiger partial charge in [-0.05, 0) is 37.5 Å². The Labute approximate surface area is 189 Å². The van der Waals surface area contributed by atoms with E-state index in [1.54, 1.807) is 11.0 Å². The average Bonchev–Trinajstić information content (AvgIpc) is 3.08. The Balaban J connectivity index is 0.00000280. The lowest BCUT2D eigenvalue weighted by Gasteiger charge is -2.33. The molecule has 0 atom stereocenters. The summed E-state index contributed by atoms with van der Waals surface area (Å²) in [7, 11) is 1.88. The maximum Gasteiger partial charge on any atom is 0.191 e. The van der Waals surface area contributed by atoms with Gasteiger partial charge in [0.15, 0.2) is 5.96 Å². The van der Waals surface area contributed by atoms with E-state index in [1.165, 1.54) is 5.56 Å². The fourth-order valence-electron chi connectivity index (χ4n) is 3.21. The second-order valence-electron chi connectivity index (χ2n) is 6.82. The molecule has 1 fully saturated rings. The van der Waals surface area contributed by atoms with Gasteiger partial charge >= 0.3 is 0 Å². The molecular formula is C19H29ClIN7. The quantitative estimate of drug-likeness (QED) is 0.350. The Morgan fingerprint density at radius 1 is 1.25 bits per heavy atom. The van der Waals surface area contributed by atoms with Crippen LogP contribution in [0.1, 0.15) is 31.2 Å². The molecule has 0 amide bonds. The molecule has 2 heterocycles. The van der Waals surface area contributed by atoms with Crippen molar-refractivity contribution in [1.82, 2.24) is 30.3 Å². The number of rotatable bonds is 6. The Hall–Kier alpha value is -1.39. The fraction of sp³-hybridized carbons (Fsp3) is 0.526. The van der Waals surface area contributed by atoms with Gasteiger partial charge in [0.2, 0.25) is 0 Å². The summed E-state index contributed by atoms with van der Waals surface area (Å²) in [4.78, 5) is 11.4. The number of hydrogen-bond acceptors (Lipinski definition) is 4. The Morgan fingerprint density at radius 2 is 1.96 bits per heavy atom. The van der Waals surface area contributed by atoms with Gasteiger partial charge in [-0.1, -0.05) is 23.7 Å². The molecule has 28 heavy (non-hydrogen) atoms. The van der Waals surface area contributed by atoms with E-state index in [-0.39, 0.29) is 24.0 Å². The number of halogens is 2. The Bertz CT molecular complexity index is 739. The van der Waals surface area contributed by atoms with Gasteiger partial charge in [-0.25, -0.2) is 9.98 Å². The van der Waals surface area contributed by atoms with Gasteiger partial charge in [0.25, 0.3) is 0 Å². The first kappa shape index (κ1) is 22.9. The maximum absolute atomic E-state index is 5.97. The zero-order valence-corrected chi connectivity index (χ0v) is 19.5. The zero-order valence-electron chi connectivity index (χ0n) is 16.4. The number of aliphatic imine (C=N–C) groups is 1. The van der Waals surface area contributed by atoms with Gasteiger partial charge in [0.05, 0.1) is 0 Å². The number of nitrogens with one attached hydrogen (secondary N) is 2. The summed E-state index contributed by atoms with van der Waals surface area (Å²) in [6.07, 6.45) is 3.76. The van der Waals surface area contributed by atoms with Gasteiger partial charge in [-0.2, -0.15) is 5.10 Å². The summed E-state index contributed by atoms with van der Waals surface area (Å²) in [6.45, 7) is 6.55. The van der Waals surface area contributed by atoms with Crippen molar-refractivity contribution in [3.8, 4) is 0 Å². The van der Waals surface area contributed by atoms with Crippen LogP contribution in [0.5, 0.6) is 0 Å². The number of guanidine groups is 1. The minimum Gasteiger partial charge on any atom is -0.357 e. The van der Waals surface area contributed by atoms with Crippen LogP contribution in [-0.2, 0) is 20.1 Å². The summed E-state index contributed by atoms with van der Waals surface area (Å²) < 4.78 is 1.75. The van der Waals surface area contributed by atoms with Crippen LogP contribution in [0.15, 0.2) is 35.6 Å². The first-order valence-corrected chi connectivity index (χ1v) is 9.86. The lowest BCUT2D eigenvalue weighted by Crippen LogP contribution is -2.48. The van der Waals surface area contributed by atoms with Crippen LogP contribution < -0.4 is 10.6 Å². The highest BCUT2D eigenvalue weighted by atomic mass is 127. The molecule has 2 aromatic rings. The van der Waals surface area contributed by atoms with Crippen LogP contribution in [0.2, 0.25) is 5.02 Å². The first-order valence-electron chi connectivity index (χ1n) is 9.48. The van der Waals surface area contributed by atoms with Crippen molar-refractivity contribution in [2.45, 2.75) is 38.9 Å². The molecule has 1 aliphatic rings. The molecule has 7 nitrogen and oxygen atoms in total. The van der Waals surface area contributed by atoms with Crippen LogP contribution in [0.25, 0.3) is 0 Å². The standard InChI is InChI=1S/C19H28ClN7.HI/c1-3-21-19(22-12-18-23-14-24-26(18)2)25-17-8-10-27(11-9-17)13-15-4-6-16(20)7-5-15;/h4-7,14,17H,3,8-13H2,1-2H3,(H2,21,22,25);1H. The van der Waals surface area contributed by atoms with Crippen molar-refractivity contribution in [1.29, 1.82) is 0 Å². The van der Waals surface area contributed by atoms with Gasteiger partial charge in [0.1, 0.15) is 18.7 Å². The van der Waals surface area contributed by atoms with Gasteiger partial charge in [-0.3, -0.25) is 9.58 Å².